The lowest BCUT2D eigenvalue weighted by Gasteiger charge is -2.17. The smallest absolute Gasteiger partial charge is 0.0992 e. The lowest BCUT2D eigenvalue weighted by Crippen LogP contribution is -1.91. The Morgan fingerprint density at radius 1 is 0.432 bits per heavy atom. The van der Waals surface area contributed by atoms with E-state index in [1.54, 1.807) is 24.5 Å². The topological polar surface area (TPSA) is 73.4 Å². The number of nitrogens with zero attached hydrogens (tertiary/aromatic N) is 4. The molecule has 0 radical (unpaired) electrons. The Bertz CT molecular complexity index is 2300. The molecule has 0 N–H and O–H groups in total. The molecule has 0 fully saturated rings. The van der Waals surface area contributed by atoms with Gasteiger partial charge in [0.05, 0.1) is 34.7 Å². The van der Waals surface area contributed by atoms with Crippen LogP contribution >= 0.6 is 0 Å². The van der Waals surface area contributed by atoms with Crippen LogP contribution in [0.3, 0.4) is 0 Å². The van der Waals surface area contributed by atoms with Crippen LogP contribution in [0.5, 0.6) is 0 Å². The van der Waals surface area contributed by atoms with Crippen LogP contribution in [-0.4, -0.2) is 9.97 Å². The third-order valence-corrected chi connectivity index (χ3v) is 8.38. The molecule has 0 unspecified atom stereocenters. The molecule has 44 heavy (non-hydrogen) atoms. The first kappa shape index (κ1) is 25.4. The average Bonchev–Trinajstić information content (AvgIpc) is 3.10. The van der Waals surface area contributed by atoms with Gasteiger partial charge in [-0.25, -0.2) is 0 Å². The first-order valence-corrected chi connectivity index (χ1v) is 14.3. The molecule has 202 valence electrons. The minimum Gasteiger partial charge on any atom is -0.256 e. The van der Waals surface area contributed by atoms with Crippen LogP contribution in [0.1, 0.15) is 11.1 Å². The average molecular weight is 559 g/mol. The van der Waals surface area contributed by atoms with E-state index in [1.165, 1.54) is 32.3 Å². The van der Waals surface area contributed by atoms with Crippen LogP contribution in [0.4, 0.5) is 0 Å². The van der Waals surface area contributed by atoms with Gasteiger partial charge in [-0.2, -0.15) is 10.5 Å². The van der Waals surface area contributed by atoms with E-state index in [2.05, 4.69) is 107 Å². The van der Waals surface area contributed by atoms with Gasteiger partial charge in [0.15, 0.2) is 0 Å². The summed E-state index contributed by atoms with van der Waals surface area (Å²) in [5, 5.41) is 26.0. The molecule has 0 atom stereocenters. The molecule has 0 spiro atoms. The van der Waals surface area contributed by atoms with Crippen LogP contribution in [0, 0.1) is 22.7 Å². The second kappa shape index (κ2) is 10.2. The van der Waals surface area contributed by atoms with Crippen LogP contribution in [-0.2, 0) is 0 Å². The molecule has 0 aliphatic carbocycles. The summed E-state index contributed by atoms with van der Waals surface area (Å²) in [5.74, 6) is 0. The quantitative estimate of drug-likeness (QED) is 0.202. The highest BCUT2D eigenvalue weighted by atomic mass is 14.7. The zero-order chi connectivity index (χ0) is 29.6. The number of benzene rings is 6. The fraction of sp³-hybridized carbons (Fsp3) is 0. The van der Waals surface area contributed by atoms with Crippen LogP contribution in [0.25, 0.3) is 77.1 Å². The van der Waals surface area contributed by atoms with Gasteiger partial charge >= 0.3 is 0 Å². The summed E-state index contributed by atoms with van der Waals surface area (Å²) < 4.78 is 0. The van der Waals surface area contributed by atoms with Gasteiger partial charge in [0.1, 0.15) is 0 Å². The van der Waals surface area contributed by atoms with Gasteiger partial charge < -0.3 is 0 Å². The maximum absolute atomic E-state index is 9.38. The second-order valence-corrected chi connectivity index (χ2v) is 10.9. The summed E-state index contributed by atoms with van der Waals surface area (Å²) in [5.41, 5.74) is 9.21. The first-order chi connectivity index (χ1) is 21.7. The molecule has 6 aromatic carbocycles. The number of hydrogen-bond donors (Lipinski definition) is 0. The number of aromatic nitrogens is 2. The lowest BCUT2D eigenvalue weighted by molar-refractivity contribution is 1.31. The minimum atomic E-state index is 0.594. The Morgan fingerprint density at radius 2 is 0.864 bits per heavy atom. The molecule has 0 aliphatic rings. The van der Waals surface area contributed by atoms with Gasteiger partial charge in [-0.05, 0) is 91.0 Å². The summed E-state index contributed by atoms with van der Waals surface area (Å²) >= 11 is 0. The minimum absolute atomic E-state index is 0.594. The number of rotatable bonds is 4. The number of nitriles is 2. The van der Waals surface area contributed by atoms with Crippen molar-refractivity contribution in [3.8, 4) is 56.9 Å². The second-order valence-electron chi connectivity index (χ2n) is 10.9. The SMILES string of the molecule is N#Cc1ccnc(-c2cccc(-c3ccc4ccc5c(-c6cccc(-c7cc(C#N)ccn7)c6)ccc6ccc3c4c65)c2)c1. The molecule has 4 nitrogen and oxygen atoms in total. The van der Waals surface area contributed by atoms with E-state index in [1.807, 2.05) is 24.3 Å². The Labute approximate surface area is 254 Å². The molecule has 0 saturated heterocycles. The summed E-state index contributed by atoms with van der Waals surface area (Å²) in [6.45, 7) is 0. The molecule has 0 aliphatic heterocycles. The van der Waals surface area contributed by atoms with Crippen LogP contribution in [0.15, 0.2) is 134 Å². The number of hydrogen-bond acceptors (Lipinski definition) is 4. The van der Waals surface area contributed by atoms with Crippen molar-refractivity contribution in [3.05, 3.63) is 145 Å². The van der Waals surface area contributed by atoms with E-state index in [4.69, 9.17) is 0 Å². The molecular weight excluding hydrogens is 536 g/mol. The monoisotopic (exact) mass is 558 g/mol. The van der Waals surface area contributed by atoms with Gasteiger partial charge in [-0.15, -0.1) is 0 Å². The van der Waals surface area contributed by atoms with Gasteiger partial charge in [0.2, 0.25) is 0 Å². The Hall–Kier alpha value is -6.36. The van der Waals surface area contributed by atoms with Crippen LogP contribution in [0.2, 0.25) is 0 Å². The maximum Gasteiger partial charge on any atom is 0.0992 e. The van der Waals surface area contributed by atoms with E-state index in [0.29, 0.717) is 11.1 Å². The molecule has 4 heteroatoms. The van der Waals surface area contributed by atoms with E-state index in [0.717, 1.165) is 44.8 Å². The predicted molar refractivity (Wildman–Crippen MR) is 177 cm³/mol. The molecule has 0 amide bonds. The molecule has 8 aromatic rings. The van der Waals surface area contributed by atoms with E-state index >= 15 is 0 Å². The van der Waals surface area contributed by atoms with Gasteiger partial charge in [-0.1, -0.05) is 84.9 Å². The molecular formula is C40H22N4. The highest BCUT2D eigenvalue weighted by Gasteiger charge is 2.16. The van der Waals surface area contributed by atoms with Crippen molar-refractivity contribution in [3.63, 3.8) is 0 Å². The van der Waals surface area contributed by atoms with Crippen molar-refractivity contribution in [2.75, 3.05) is 0 Å². The Morgan fingerprint density at radius 3 is 1.32 bits per heavy atom. The largest absolute Gasteiger partial charge is 0.256 e. The van der Waals surface area contributed by atoms with Gasteiger partial charge in [-0.3, -0.25) is 9.97 Å². The van der Waals surface area contributed by atoms with E-state index < -0.39 is 0 Å². The summed E-state index contributed by atoms with van der Waals surface area (Å²) in [6, 6.07) is 46.0. The Balaban J connectivity index is 1.30. The van der Waals surface area contributed by atoms with Crippen LogP contribution < -0.4 is 0 Å². The molecule has 2 heterocycles. The molecule has 0 saturated carbocycles. The fourth-order valence-corrected chi connectivity index (χ4v) is 6.31. The van der Waals surface area contributed by atoms with Crippen molar-refractivity contribution in [2.45, 2.75) is 0 Å². The standard InChI is InChI=1S/C40H22N4/c41-23-25-15-17-43-37(19-25)31-5-1-3-29(21-31)33-11-7-27-10-14-36-34(12-8-28-9-13-35(33)39(27)40(28)36)30-4-2-6-32(22-30)38-20-26(24-42)16-18-44-38/h1-22H. The highest BCUT2D eigenvalue weighted by Crippen LogP contribution is 2.43. The molecule has 2 aromatic heterocycles. The predicted octanol–water partition coefficient (Wildman–Crippen LogP) is 9.79. The normalized spacial score (nSPS) is 11.1. The van der Waals surface area contributed by atoms with Crippen molar-refractivity contribution < 1.29 is 0 Å². The highest BCUT2D eigenvalue weighted by molar-refractivity contribution is 6.27. The Kier molecular flexibility index (Phi) is 5.86. The van der Waals surface area contributed by atoms with Gasteiger partial charge in [0, 0.05) is 23.5 Å². The third-order valence-electron chi connectivity index (χ3n) is 8.38. The van der Waals surface area contributed by atoms with Crippen molar-refractivity contribution >= 4 is 32.3 Å². The van der Waals surface area contributed by atoms with Crippen molar-refractivity contribution in [2.24, 2.45) is 0 Å². The number of pyridine rings is 2. The molecule has 0 bridgehead atoms. The lowest BCUT2D eigenvalue weighted by atomic mass is 9.87. The zero-order valence-corrected chi connectivity index (χ0v) is 23.5. The van der Waals surface area contributed by atoms with Crippen molar-refractivity contribution in [1.29, 1.82) is 10.5 Å². The first-order valence-electron chi connectivity index (χ1n) is 14.3. The third kappa shape index (κ3) is 4.14. The summed E-state index contributed by atoms with van der Waals surface area (Å²) in [7, 11) is 0. The fourth-order valence-electron chi connectivity index (χ4n) is 6.31. The van der Waals surface area contributed by atoms with Gasteiger partial charge in [0.25, 0.3) is 0 Å². The molecule has 8 rings (SSSR count). The summed E-state index contributed by atoms with van der Waals surface area (Å²) in [6.07, 6.45) is 3.37. The maximum atomic E-state index is 9.38. The van der Waals surface area contributed by atoms with E-state index in [9.17, 15) is 10.5 Å². The summed E-state index contributed by atoms with van der Waals surface area (Å²) in [4.78, 5) is 9.05. The van der Waals surface area contributed by atoms with E-state index in [-0.39, 0.29) is 0 Å². The zero-order valence-electron chi connectivity index (χ0n) is 23.5. The van der Waals surface area contributed by atoms with Crippen molar-refractivity contribution in [1.82, 2.24) is 9.97 Å².